The minimum atomic E-state index is 0.756. The van der Waals surface area contributed by atoms with Gasteiger partial charge in [-0.05, 0) is 24.0 Å². The summed E-state index contributed by atoms with van der Waals surface area (Å²) in [6.45, 7) is 2.12. The topological polar surface area (TPSA) is 26.0 Å². The highest BCUT2D eigenvalue weighted by atomic mass is 32.2. The Labute approximate surface area is 76.8 Å². The zero-order valence-electron chi connectivity index (χ0n) is 6.37. The van der Waals surface area contributed by atoms with Crippen LogP contribution in [0, 0.1) is 0 Å². The molecule has 0 heterocycles. The van der Waals surface area contributed by atoms with Crippen LogP contribution in [0.15, 0.2) is 28.0 Å². The van der Waals surface area contributed by atoms with Crippen molar-refractivity contribution in [3.8, 4) is 0 Å². The summed E-state index contributed by atoms with van der Waals surface area (Å²) in [5, 5.41) is 0. The predicted molar refractivity (Wildman–Crippen MR) is 54.5 cm³/mol. The van der Waals surface area contributed by atoms with Crippen molar-refractivity contribution in [2.24, 2.45) is 0 Å². The van der Waals surface area contributed by atoms with Crippen LogP contribution in [0.1, 0.15) is 6.92 Å². The standard InChI is InChI=1S/C8H11NS2/c1-2-11-6-3-4-8(10)7(9)5-6/h3-5,10H,2,9H2,1H3. The quantitative estimate of drug-likeness (QED) is 0.421. The van der Waals surface area contributed by atoms with Crippen LogP contribution in [0.3, 0.4) is 0 Å². The fourth-order valence-electron chi connectivity index (χ4n) is 0.789. The summed E-state index contributed by atoms with van der Waals surface area (Å²) in [4.78, 5) is 2.06. The first-order valence-corrected chi connectivity index (χ1v) is 4.88. The first-order valence-electron chi connectivity index (χ1n) is 3.45. The predicted octanol–water partition coefficient (Wildman–Crippen LogP) is 2.67. The molecule has 0 aromatic heterocycles. The van der Waals surface area contributed by atoms with E-state index in [0.29, 0.717) is 0 Å². The van der Waals surface area contributed by atoms with Crippen molar-refractivity contribution in [3.05, 3.63) is 18.2 Å². The highest BCUT2D eigenvalue weighted by Gasteiger charge is 1.95. The van der Waals surface area contributed by atoms with E-state index in [1.165, 1.54) is 4.90 Å². The van der Waals surface area contributed by atoms with Gasteiger partial charge in [0.2, 0.25) is 0 Å². The van der Waals surface area contributed by atoms with Gasteiger partial charge >= 0.3 is 0 Å². The van der Waals surface area contributed by atoms with Crippen molar-refractivity contribution in [1.82, 2.24) is 0 Å². The fourth-order valence-corrected chi connectivity index (χ4v) is 1.64. The van der Waals surface area contributed by atoms with E-state index < -0.39 is 0 Å². The lowest BCUT2D eigenvalue weighted by Crippen LogP contribution is -1.86. The van der Waals surface area contributed by atoms with Gasteiger partial charge in [0.15, 0.2) is 0 Å². The summed E-state index contributed by atoms with van der Waals surface area (Å²) < 4.78 is 0. The smallest absolute Gasteiger partial charge is 0.0460 e. The van der Waals surface area contributed by atoms with Crippen molar-refractivity contribution in [2.75, 3.05) is 11.5 Å². The number of nitrogen functional groups attached to an aromatic ring is 1. The second-order valence-electron chi connectivity index (χ2n) is 2.15. The highest BCUT2D eigenvalue weighted by molar-refractivity contribution is 7.99. The second kappa shape index (κ2) is 3.93. The van der Waals surface area contributed by atoms with E-state index in [0.717, 1.165) is 16.3 Å². The molecule has 11 heavy (non-hydrogen) atoms. The Morgan fingerprint density at radius 3 is 2.82 bits per heavy atom. The van der Waals surface area contributed by atoms with E-state index in [4.69, 9.17) is 5.73 Å². The third-order valence-electron chi connectivity index (χ3n) is 1.31. The third-order valence-corrected chi connectivity index (χ3v) is 2.59. The van der Waals surface area contributed by atoms with Crippen molar-refractivity contribution >= 4 is 30.1 Å². The first kappa shape index (κ1) is 8.81. The molecule has 0 spiro atoms. The third kappa shape index (κ3) is 2.34. The molecule has 1 nitrogen and oxygen atoms in total. The number of anilines is 1. The van der Waals surface area contributed by atoms with Crippen molar-refractivity contribution in [3.63, 3.8) is 0 Å². The van der Waals surface area contributed by atoms with E-state index in [1.54, 1.807) is 11.8 Å². The zero-order chi connectivity index (χ0) is 8.27. The molecule has 0 unspecified atom stereocenters. The summed E-state index contributed by atoms with van der Waals surface area (Å²) >= 11 is 5.96. The van der Waals surface area contributed by atoms with Gasteiger partial charge in [-0.2, -0.15) is 0 Å². The number of thiol groups is 1. The minimum absolute atomic E-state index is 0.756. The zero-order valence-corrected chi connectivity index (χ0v) is 8.08. The van der Waals surface area contributed by atoms with Crippen molar-refractivity contribution < 1.29 is 0 Å². The molecule has 0 aliphatic heterocycles. The van der Waals surface area contributed by atoms with Crippen LogP contribution in [-0.4, -0.2) is 5.75 Å². The molecular weight excluding hydrogens is 174 g/mol. The Bertz CT molecular complexity index is 248. The lowest BCUT2D eigenvalue weighted by Gasteiger charge is -2.01. The van der Waals surface area contributed by atoms with Crippen LogP contribution in [0.5, 0.6) is 0 Å². The Kier molecular flexibility index (Phi) is 3.15. The highest BCUT2D eigenvalue weighted by Crippen LogP contribution is 2.24. The monoisotopic (exact) mass is 185 g/mol. The summed E-state index contributed by atoms with van der Waals surface area (Å²) in [6, 6.07) is 5.92. The molecule has 0 aliphatic carbocycles. The van der Waals surface area contributed by atoms with E-state index in [2.05, 4.69) is 19.6 Å². The molecule has 1 rings (SSSR count). The maximum absolute atomic E-state index is 5.66. The lowest BCUT2D eigenvalue weighted by atomic mass is 10.3. The SMILES string of the molecule is CCSc1ccc(S)c(N)c1. The van der Waals surface area contributed by atoms with E-state index in [1.807, 2.05) is 18.2 Å². The summed E-state index contributed by atoms with van der Waals surface area (Å²) in [5.41, 5.74) is 6.42. The summed E-state index contributed by atoms with van der Waals surface area (Å²) in [7, 11) is 0. The molecule has 1 aromatic rings. The number of hydrogen-bond donors (Lipinski definition) is 2. The van der Waals surface area contributed by atoms with Crippen LogP contribution in [0.2, 0.25) is 0 Å². The lowest BCUT2D eigenvalue weighted by molar-refractivity contribution is 1.36. The van der Waals surface area contributed by atoms with E-state index in [9.17, 15) is 0 Å². The van der Waals surface area contributed by atoms with Gasteiger partial charge in [-0.25, -0.2) is 0 Å². The maximum Gasteiger partial charge on any atom is 0.0460 e. The van der Waals surface area contributed by atoms with Gasteiger partial charge in [-0.1, -0.05) is 6.92 Å². The molecule has 0 bridgehead atoms. The van der Waals surface area contributed by atoms with Crippen LogP contribution in [0.25, 0.3) is 0 Å². The van der Waals surface area contributed by atoms with Crippen molar-refractivity contribution in [1.29, 1.82) is 0 Å². The number of rotatable bonds is 2. The Hall–Kier alpha value is -0.280. The summed E-state index contributed by atoms with van der Waals surface area (Å²) in [5.74, 6) is 1.07. The van der Waals surface area contributed by atoms with E-state index >= 15 is 0 Å². The molecule has 0 saturated carbocycles. The number of nitrogens with two attached hydrogens (primary N) is 1. The molecule has 2 N–H and O–H groups in total. The molecule has 3 heteroatoms. The average molecular weight is 185 g/mol. The van der Waals surface area contributed by atoms with Gasteiger partial charge in [0.25, 0.3) is 0 Å². The molecule has 0 fully saturated rings. The fraction of sp³-hybridized carbons (Fsp3) is 0.250. The second-order valence-corrected chi connectivity index (χ2v) is 3.97. The maximum atomic E-state index is 5.66. The van der Waals surface area contributed by atoms with Gasteiger partial charge in [0.1, 0.15) is 0 Å². The summed E-state index contributed by atoms with van der Waals surface area (Å²) in [6.07, 6.45) is 0. The molecule has 0 amide bonds. The first-order chi connectivity index (χ1) is 5.24. The number of hydrogen-bond acceptors (Lipinski definition) is 3. The van der Waals surface area contributed by atoms with Crippen LogP contribution >= 0.6 is 24.4 Å². The molecule has 0 saturated heterocycles. The molecule has 1 aromatic carbocycles. The molecular formula is C8H11NS2. The van der Waals surface area contributed by atoms with E-state index in [-0.39, 0.29) is 0 Å². The van der Waals surface area contributed by atoms with Gasteiger partial charge in [-0.3, -0.25) is 0 Å². The Morgan fingerprint density at radius 1 is 1.55 bits per heavy atom. The largest absolute Gasteiger partial charge is 0.398 e. The van der Waals surface area contributed by atoms with Gasteiger partial charge < -0.3 is 5.73 Å². The normalized spacial score (nSPS) is 10.0. The average Bonchev–Trinajstić information content (AvgIpc) is 1.98. The number of thioether (sulfide) groups is 1. The van der Waals surface area contributed by atoms with Crippen LogP contribution < -0.4 is 5.73 Å². The van der Waals surface area contributed by atoms with Crippen molar-refractivity contribution in [2.45, 2.75) is 16.7 Å². The van der Waals surface area contributed by atoms with Crippen LogP contribution in [0.4, 0.5) is 5.69 Å². The van der Waals surface area contributed by atoms with Gasteiger partial charge in [-0.15, -0.1) is 24.4 Å². The van der Waals surface area contributed by atoms with Gasteiger partial charge in [0.05, 0.1) is 0 Å². The van der Waals surface area contributed by atoms with Crippen LogP contribution in [-0.2, 0) is 0 Å². The Morgan fingerprint density at radius 2 is 2.27 bits per heavy atom. The molecule has 0 atom stereocenters. The molecule has 0 aliphatic rings. The van der Waals surface area contributed by atoms with Gasteiger partial charge in [0, 0.05) is 15.5 Å². The Balaban J connectivity index is 2.86. The molecule has 60 valence electrons. The molecule has 0 radical (unpaired) electrons. The number of benzene rings is 1. The minimum Gasteiger partial charge on any atom is -0.398 e.